The molecule has 0 aliphatic rings. The number of alkyl halides is 5. The Kier molecular flexibility index (Phi) is 3.82. The number of pyridine rings is 1. The van der Waals surface area contributed by atoms with Crippen LogP contribution in [0.1, 0.15) is 28.8 Å². The molecule has 3 nitrogen and oxygen atoms in total. The first-order valence-corrected chi connectivity index (χ1v) is 4.47. The summed E-state index contributed by atoms with van der Waals surface area (Å²) in [5, 5.41) is 17.0. The standard InChI is InChI=1S/C10H4F5N3/c11-9(12)8-5(1-2-16)7(3-17)18-4-6(8)10(13,14)15/h4,9H,1H2. The van der Waals surface area contributed by atoms with Gasteiger partial charge in [0.05, 0.1) is 18.1 Å². The molecule has 1 heterocycles. The Bertz CT molecular complexity index is 536. The second-order valence-corrected chi connectivity index (χ2v) is 3.16. The lowest BCUT2D eigenvalue weighted by atomic mass is 9.99. The van der Waals surface area contributed by atoms with E-state index in [1.165, 1.54) is 12.1 Å². The second kappa shape index (κ2) is 4.96. The molecule has 18 heavy (non-hydrogen) atoms. The maximum atomic E-state index is 12.7. The van der Waals surface area contributed by atoms with E-state index in [0.717, 1.165) is 0 Å². The third kappa shape index (κ3) is 2.54. The molecule has 0 N–H and O–H groups in total. The molecule has 8 heteroatoms. The Morgan fingerprint density at radius 1 is 1.28 bits per heavy atom. The molecule has 1 rings (SSSR count). The largest absolute Gasteiger partial charge is 0.418 e. The van der Waals surface area contributed by atoms with Gasteiger partial charge in [-0.3, -0.25) is 0 Å². The van der Waals surface area contributed by atoms with E-state index >= 15 is 0 Å². The Morgan fingerprint density at radius 3 is 2.28 bits per heavy atom. The van der Waals surface area contributed by atoms with Crippen molar-refractivity contribution in [3.8, 4) is 12.1 Å². The van der Waals surface area contributed by atoms with Crippen molar-refractivity contribution in [2.75, 3.05) is 0 Å². The first-order chi connectivity index (χ1) is 8.32. The van der Waals surface area contributed by atoms with Crippen molar-refractivity contribution in [2.45, 2.75) is 19.0 Å². The molecular formula is C10H4F5N3. The number of nitriles is 2. The maximum absolute atomic E-state index is 12.7. The highest BCUT2D eigenvalue weighted by Gasteiger charge is 2.38. The van der Waals surface area contributed by atoms with Gasteiger partial charge in [-0.2, -0.15) is 23.7 Å². The molecule has 0 unspecified atom stereocenters. The summed E-state index contributed by atoms with van der Waals surface area (Å²) in [4.78, 5) is 3.16. The summed E-state index contributed by atoms with van der Waals surface area (Å²) < 4.78 is 63.0. The molecule has 94 valence electrons. The van der Waals surface area contributed by atoms with Crippen molar-refractivity contribution in [1.29, 1.82) is 10.5 Å². The molecule has 0 aromatic carbocycles. The molecular weight excluding hydrogens is 257 g/mol. The van der Waals surface area contributed by atoms with Crippen LogP contribution in [-0.4, -0.2) is 4.98 Å². The summed E-state index contributed by atoms with van der Waals surface area (Å²) in [6.07, 6.45) is -9.02. The van der Waals surface area contributed by atoms with Crippen LogP contribution in [0, 0.1) is 22.7 Å². The van der Waals surface area contributed by atoms with Crippen LogP contribution in [0.2, 0.25) is 0 Å². The summed E-state index contributed by atoms with van der Waals surface area (Å²) in [5.74, 6) is 0. The van der Waals surface area contributed by atoms with Crippen molar-refractivity contribution in [1.82, 2.24) is 4.98 Å². The Hall–Kier alpha value is -2.22. The van der Waals surface area contributed by atoms with E-state index in [4.69, 9.17) is 10.5 Å². The predicted octanol–water partition coefficient (Wildman–Crippen LogP) is 2.98. The average molecular weight is 261 g/mol. The quantitative estimate of drug-likeness (QED) is 0.769. The monoisotopic (exact) mass is 261 g/mol. The Labute approximate surface area is 98.1 Å². The van der Waals surface area contributed by atoms with Gasteiger partial charge >= 0.3 is 6.18 Å². The molecule has 1 aromatic rings. The maximum Gasteiger partial charge on any atom is 0.418 e. The number of aromatic nitrogens is 1. The smallest absolute Gasteiger partial charge is 0.245 e. The lowest BCUT2D eigenvalue weighted by molar-refractivity contribution is -0.139. The van der Waals surface area contributed by atoms with Crippen molar-refractivity contribution in [3.05, 3.63) is 28.6 Å². The fraction of sp³-hybridized carbons (Fsp3) is 0.300. The van der Waals surface area contributed by atoms with E-state index in [1.807, 2.05) is 0 Å². The van der Waals surface area contributed by atoms with Crippen molar-refractivity contribution in [3.63, 3.8) is 0 Å². The van der Waals surface area contributed by atoms with Crippen LogP contribution >= 0.6 is 0 Å². The summed E-state index contributed by atoms with van der Waals surface area (Å²) in [7, 11) is 0. The van der Waals surface area contributed by atoms with Gasteiger partial charge in [-0.05, 0) is 0 Å². The highest BCUT2D eigenvalue weighted by atomic mass is 19.4. The molecule has 0 atom stereocenters. The van der Waals surface area contributed by atoms with E-state index in [1.54, 1.807) is 0 Å². The van der Waals surface area contributed by atoms with Crippen LogP contribution in [0.15, 0.2) is 6.20 Å². The highest BCUT2D eigenvalue weighted by Crippen LogP contribution is 2.38. The van der Waals surface area contributed by atoms with Gasteiger partial charge in [0.1, 0.15) is 11.8 Å². The summed E-state index contributed by atoms with van der Waals surface area (Å²) in [6.45, 7) is 0. The van der Waals surface area contributed by atoms with Crippen LogP contribution in [0.25, 0.3) is 0 Å². The van der Waals surface area contributed by atoms with E-state index in [9.17, 15) is 22.0 Å². The lowest BCUT2D eigenvalue weighted by Crippen LogP contribution is -2.14. The number of halogens is 5. The molecule has 1 aromatic heterocycles. The molecule has 0 radical (unpaired) electrons. The summed E-state index contributed by atoms with van der Waals surface area (Å²) in [6, 6.07) is 2.83. The van der Waals surface area contributed by atoms with Crippen molar-refractivity contribution in [2.24, 2.45) is 0 Å². The topological polar surface area (TPSA) is 60.5 Å². The molecule has 0 bridgehead atoms. The zero-order valence-corrected chi connectivity index (χ0v) is 8.59. The zero-order chi connectivity index (χ0) is 13.9. The van der Waals surface area contributed by atoms with Crippen LogP contribution in [0.5, 0.6) is 0 Å². The summed E-state index contributed by atoms with van der Waals surface area (Å²) >= 11 is 0. The minimum Gasteiger partial charge on any atom is -0.245 e. The van der Waals surface area contributed by atoms with Crippen LogP contribution in [-0.2, 0) is 12.6 Å². The van der Waals surface area contributed by atoms with Crippen molar-refractivity contribution < 1.29 is 22.0 Å². The van der Waals surface area contributed by atoms with Gasteiger partial charge in [-0.25, -0.2) is 13.8 Å². The van der Waals surface area contributed by atoms with E-state index in [-0.39, 0.29) is 6.20 Å². The van der Waals surface area contributed by atoms with Gasteiger partial charge in [-0.1, -0.05) is 0 Å². The number of hydrogen-bond acceptors (Lipinski definition) is 3. The summed E-state index contributed by atoms with van der Waals surface area (Å²) in [5.41, 5.74) is -4.25. The van der Waals surface area contributed by atoms with E-state index in [0.29, 0.717) is 0 Å². The lowest BCUT2D eigenvalue weighted by Gasteiger charge is -2.15. The van der Waals surface area contributed by atoms with Gasteiger partial charge in [0.2, 0.25) is 0 Å². The highest BCUT2D eigenvalue weighted by molar-refractivity contribution is 5.45. The van der Waals surface area contributed by atoms with Crippen LogP contribution in [0.4, 0.5) is 22.0 Å². The molecule has 0 fully saturated rings. The van der Waals surface area contributed by atoms with Gasteiger partial charge in [0.25, 0.3) is 6.43 Å². The second-order valence-electron chi connectivity index (χ2n) is 3.16. The van der Waals surface area contributed by atoms with Crippen molar-refractivity contribution >= 4 is 0 Å². The first-order valence-electron chi connectivity index (χ1n) is 4.47. The van der Waals surface area contributed by atoms with Gasteiger partial charge in [0.15, 0.2) is 0 Å². The SMILES string of the molecule is N#CCc1c(C#N)ncc(C(F)(F)F)c1C(F)F. The third-order valence-electron chi connectivity index (χ3n) is 2.11. The Morgan fingerprint density at radius 2 is 1.89 bits per heavy atom. The van der Waals surface area contributed by atoms with E-state index < -0.39 is 41.4 Å². The van der Waals surface area contributed by atoms with Crippen LogP contribution in [0.3, 0.4) is 0 Å². The predicted molar refractivity (Wildman–Crippen MR) is 48.2 cm³/mol. The fourth-order valence-corrected chi connectivity index (χ4v) is 1.40. The fourth-order valence-electron chi connectivity index (χ4n) is 1.40. The van der Waals surface area contributed by atoms with Gasteiger partial charge in [-0.15, -0.1) is 0 Å². The normalized spacial score (nSPS) is 11.1. The molecule has 0 aliphatic carbocycles. The number of rotatable bonds is 2. The van der Waals surface area contributed by atoms with Crippen LogP contribution < -0.4 is 0 Å². The Balaban J connectivity index is 3.65. The van der Waals surface area contributed by atoms with Gasteiger partial charge < -0.3 is 0 Å². The minimum atomic E-state index is -5.02. The number of hydrogen-bond donors (Lipinski definition) is 0. The van der Waals surface area contributed by atoms with Gasteiger partial charge in [0, 0.05) is 17.3 Å². The zero-order valence-electron chi connectivity index (χ0n) is 8.59. The average Bonchev–Trinajstić information content (AvgIpc) is 2.27. The van der Waals surface area contributed by atoms with E-state index in [2.05, 4.69) is 4.98 Å². The third-order valence-corrected chi connectivity index (χ3v) is 2.11. The minimum absolute atomic E-state index is 0.181. The molecule has 0 saturated heterocycles. The molecule has 0 saturated carbocycles. The molecule has 0 aliphatic heterocycles. The molecule has 0 spiro atoms. The molecule has 0 amide bonds. The first kappa shape index (κ1) is 13.8. The number of nitrogens with zero attached hydrogens (tertiary/aromatic N) is 3.